The summed E-state index contributed by atoms with van der Waals surface area (Å²) in [5, 5.41) is -0.676. The molecule has 1 amide bonds. The molecule has 1 aliphatic rings. The topological polar surface area (TPSA) is 80.5 Å². The number of hydrogen-bond acceptors (Lipinski definition) is 5. The van der Waals surface area contributed by atoms with Crippen molar-refractivity contribution in [2.75, 3.05) is 24.3 Å². The normalized spacial score (nSPS) is 22.0. The van der Waals surface area contributed by atoms with Crippen LogP contribution >= 0.6 is 11.8 Å². The predicted molar refractivity (Wildman–Crippen MR) is 75.2 cm³/mol. The maximum absolute atomic E-state index is 12.1. The summed E-state index contributed by atoms with van der Waals surface area (Å²) in [5.74, 6) is 1.16. The van der Waals surface area contributed by atoms with Gasteiger partial charge in [0.05, 0.1) is 0 Å². The Kier molecular flexibility index (Phi) is 5.08. The van der Waals surface area contributed by atoms with Crippen LogP contribution in [0, 0.1) is 0 Å². The minimum absolute atomic E-state index is 0.107. The molecule has 1 saturated heterocycles. The van der Waals surface area contributed by atoms with Crippen molar-refractivity contribution in [1.29, 1.82) is 0 Å². The van der Waals surface area contributed by atoms with Crippen molar-refractivity contribution in [2.45, 2.75) is 37.6 Å². The van der Waals surface area contributed by atoms with Gasteiger partial charge in [0.15, 0.2) is 9.84 Å². The van der Waals surface area contributed by atoms with Crippen molar-refractivity contribution in [3.05, 3.63) is 0 Å². The zero-order valence-electron chi connectivity index (χ0n) is 11.2. The van der Waals surface area contributed by atoms with E-state index in [-0.39, 0.29) is 5.91 Å². The van der Waals surface area contributed by atoms with Gasteiger partial charge < -0.3 is 10.6 Å². The maximum atomic E-state index is 12.1. The first-order valence-corrected chi connectivity index (χ1v) is 9.07. The second kappa shape index (κ2) is 5.79. The van der Waals surface area contributed by atoms with Crippen LogP contribution in [0.4, 0.5) is 0 Å². The summed E-state index contributed by atoms with van der Waals surface area (Å²) in [6.07, 6.45) is 2.06. The lowest BCUT2D eigenvalue weighted by atomic mass is 10.00. The first-order chi connectivity index (χ1) is 8.11. The fourth-order valence-corrected chi connectivity index (χ4v) is 4.63. The van der Waals surface area contributed by atoms with E-state index in [2.05, 4.69) is 0 Å². The van der Waals surface area contributed by atoms with Crippen LogP contribution in [0.25, 0.3) is 0 Å². The molecular formula is C11H22N2O3S2. The van der Waals surface area contributed by atoms with Crippen LogP contribution < -0.4 is 5.73 Å². The Hall–Kier alpha value is -0.270. The SMILES string of the molecule is CC(C)(N)CCC(=O)N1CCSCC1S(C)(=O)=O. The number of carbonyl (C=O) groups excluding carboxylic acids is 1. The molecule has 7 heteroatoms. The standard InChI is InChI=1S/C11H22N2O3S2/c1-11(2,12)5-4-9(14)13-6-7-17-8-10(13)18(3,15)16/h10H,4-8,12H2,1-3H3. The van der Waals surface area contributed by atoms with Crippen LogP contribution in [0.1, 0.15) is 26.7 Å². The quantitative estimate of drug-likeness (QED) is 0.814. The molecule has 1 atom stereocenters. The molecule has 0 aliphatic carbocycles. The summed E-state index contributed by atoms with van der Waals surface area (Å²) in [6.45, 7) is 4.23. The number of nitrogens with two attached hydrogens (primary N) is 1. The number of thioether (sulfide) groups is 1. The van der Waals surface area contributed by atoms with Crippen LogP contribution in [0.15, 0.2) is 0 Å². The number of rotatable bonds is 4. The smallest absolute Gasteiger partial charge is 0.223 e. The Bertz CT molecular complexity index is 401. The largest absolute Gasteiger partial charge is 0.326 e. The van der Waals surface area contributed by atoms with Crippen molar-refractivity contribution >= 4 is 27.5 Å². The lowest BCUT2D eigenvalue weighted by Crippen LogP contribution is -2.50. The number of carbonyl (C=O) groups is 1. The fraction of sp³-hybridized carbons (Fsp3) is 0.909. The maximum Gasteiger partial charge on any atom is 0.223 e. The highest BCUT2D eigenvalue weighted by Gasteiger charge is 2.34. The Balaban J connectivity index is 2.70. The molecule has 1 unspecified atom stereocenters. The Morgan fingerprint density at radius 2 is 2.11 bits per heavy atom. The molecule has 18 heavy (non-hydrogen) atoms. The highest BCUT2D eigenvalue weighted by Crippen LogP contribution is 2.22. The van der Waals surface area contributed by atoms with E-state index in [0.717, 1.165) is 5.75 Å². The Morgan fingerprint density at radius 1 is 1.50 bits per heavy atom. The second-order valence-corrected chi connectivity index (χ2v) is 8.79. The molecular weight excluding hydrogens is 272 g/mol. The highest BCUT2D eigenvalue weighted by molar-refractivity contribution is 8.00. The third-order valence-electron chi connectivity index (χ3n) is 2.88. The fourth-order valence-electron chi connectivity index (χ4n) is 1.79. The first-order valence-electron chi connectivity index (χ1n) is 5.96. The van der Waals surface area contributed by atoms with Gasteiger partial charge in [-0.15, -0.1) is 0 Å². The molecule has 0 radical (unpaired) electrons. The number of hydrogen-bond donors (Lipinski definition) is 1. The highest BCUT2D eigenvalue weighted by atomic mass is 32.2. The first kappa shape index (κ1) is 15.8. The second-order valence-electron chi connectivity index (χ2n) is 5.43. The van der Waals surface area contributed by atoms with Gasteiger partial charge in [0.2, 0.25) is 5.91 Å². The summed E-state index contributed by atoms with van der Waals surface area (Å²) in [7, 11) is -3.22. The third kappa shape index (κ3) is 4.78. The van der Waals surface area contributed by atoms with Gasteiger partial charge in [-0.2, -0.15) is 11.8 Å². The van der Waals surface area contributed by atoms with Crippen LogP contribution in [0.2, 0.25) is 0 Å². The van der Waals surface area contributed by atoms with Crippen LogP contribution in [-0.4, -0.2) is 54.4 Å². The summed E-state index contributed by atoms with van der Waals surface area (Å²) >= 11 is 1.58. The average molecular weight is 294 g/mol. The van der Waals surface area contributed by atoms with Crippen molar-refractivity contribution < 1.29 is 13.2 Å². The molecule has 106 valence electrons. The minimum Gasteiger partial charge on any atom is -0.326 e. The molecule has 1 aliphatic heterocycles. The number of sulfone groups is 1. The van der Waals surface area contributed by atoms with Gasteiger partial charge in [-0.3, -0.25) is 4.79 Å². The van der Waals surface area contributed by atoms with E-state index < -0.39 is 20.8 Å². The van der Waals surface area contributed by atoms with E-state index in [0.29, 0.717) is 25.1 Å². The third-order valence-corrected chi connectivity index (χ3v) is 5.53. The molecule has 0 spiro atoms. The average Bonchev–Trinajstić information content (AvgIpc) is 2.24. The van der Waals surface area contributed by atoms with Crippen LogP contribution in [0.5, 0.6) is 0 Å². The van der Waals surface area contributed by atoms with Gasteiger partial charge in [-0.1, -0.05) is 0 Å². The molecule has 0 aromatic heterocycles. The van der Waals surface area contributed by atoms with E-state index >= 15 is 0 Å². The van der Waals surface area contributed by atoms with Gasteiger partial charge in [0, 0.05) is 36.3 Å². The predicted octanol–water partition coefficient (Wildman–Crippen LogP) is 0.450. The van der Waals surface area contributed by atoms with E-state index in [9.17, 15) is 13.2 Å². The van der Waals surface area contributed by atoms with Crippen LogP contribution in [-0.2, 0) is 14.6 Å². The monoisotopic (exact) mass is 294 g/mol. The van der Waals surface area contributed by atoms with Crippen molar-refractivity contribution in [3.8, 4) is 0 Å². The molecule has 1 fully saturated rings. The zero-order chi connectivity index (χ0) is 14.0. The van der Waals surface area contributed by atoms with Gasteiger partial charge in [0.1, 0.15) is 5.37 Å². The molecule has 1 heterocycles. The lowest BCUT2D eigenvalue weighted by Gasteiger charge is -2.34. The summed E-state index contributed by atoms with van der Waals surface area (Å²) in [6, 6.07) is 0. The van der Waals surface area contributed by atoms with E-state index in [1.807, 2.05) is 13.8 Å². The molecule has 0 bridgehead atoms. The molecule has 5 nitrogen and oxygen atoms in total. The van der Waals surface area contributed by atoms with E-state index in [1.165, 1.54) is 11.2 Å². The summed E-state index contributed by atoms with van der Waals surface area (Å²) in [4.78, 5) is 13.6. The minimum atomic E-state index is -3.22. The molecule has 0 aromatic carbocycles. The number of amides is 1. The van der Waals surface area contributed by atoms with Gasteiger partial charge in [-0.05, 0) is 20.3 Å². The molecule has 0 saturated carbocycles. The van der Waals surface area contributed by atoms with E-state index in [1.54, 1.807) is 11.8 Å². The molecule has 1 rings (SSSR count). The van der Waals surface area contributed by atoms with Crippen molar-refractivity contribution in [1.82, 2.24) is 4.90 Å². The molecule has 2 N–H and O–H groups in total. The summed E-state index contributed by atoms with van der Waals surface area (Å²) in [5.41, 5.74) is 5.44. The van der Waals surface area contributed by atoms with Gasteiger partial charge in [-0.25, -0.2) is 8.42 Å². The summed E-state index contributed by atoms with van der Waals surface area (Å²) < 4.78 is 23.3. The lowest BCUT2D eigenvalue weighted by molar-refractivity contribution is -0.131. The van der Waals surface area contributed by atoms with Crippen LogP contribution in [0.3, 0.4) is 0 Å². The zero-order valence-corrected chi connectivity index (χ0v) is 12.8. The van der Waals surface area contributed by atoms with Gasteiger partial charge in [0.25, 0.3) is 0 Å². The van der Waals surface area contributed by atoms with E-state index in [4.69, 9.17) is 5.73 Å². The van der Waals surface area contributed by atoms with Gasteiger partial charge >= 0.3 is 0 Å². The number of nitrogens with zero attached hydrogens (tertiary/aromatic N) is 1. The molecule has 0 aromatic rings. The Morgan fingerprint density at radius 3 is 2.61 bits per heavy atom. The van der Waals surface area contributed by atoms with Crippen molar-refractivity contribution in [3.63, 3.8) is 0 Å². The van der Waals surface area contributed by atoms with Crippen molar-refractivity contribution in [2.24, 2.45) is 5.73 Å². The Labute approximate surface area is 113 Å².